The zero-order valence-electron chi connectivity index (χ0n) is 10.6. The molecule has 1 aliphatic heterocycles. The van der Waals surface area contributed by atoms with Crippen molar-refractivity contribution in [2.75, 3.05) is 6.54 Å². The van der Waals surface area contributed by atoms with E-state index in [4.69, 9.17) is 5.11 Å². The Morgan fingerprint density at radius 3 is 2.17 bits per heavy atom. The predicted molar refractivity (Wildman–Crippen MR) is 67.8 cm³/mol. The third-order valence-corrected chi connectivity index (χ3v) is 3.52. The maximum Gasteiger partial charge on any atom is 0.335 e. The zero-order valence-corrected chi connectivity index (χ0v) is 10.6. The minimum absolute atomic E-state index is 0.0190. The number of carbonyl (C=O) groups is 2. The highest BCUT2D eigenvalue weighted by Gasteiger charge is 2.35. The number of carbonyl (C=O) groups excluding carboxylic acids is 1. The molecule has 0 bridgehead atoms. The lowest BCUT2D eigenvalue weighted by atomic mass is 10.0. The van der Waals surface area contributed by atoms with Crippen LogP contribution in [0.2, 0.25) is 0 Å². The Morgan fingerprint density at radius 2 is 1.72 bits per heavy atom. The monoisotopic (exact) mass is 247 g/mol. The van der Waals surface area contributed by atoms with Crippen LogP contribution in [0, 0.1) is 0 Å². The first-order chi connectivity index (χ1) is 8.42. The van der Waals surface area contributed by atoms with Gasteiger partial charge in [0.1, 0.15) is 0 Å². The summed E-state index contributed by atoms with van der Waals surface area (Å²) in [6.45, 7) is 4.89. The van der Waals surface area contributed by atoms with Crippen LogP contribution in [0.5, 0.6) is 0 Å². The minimum Gasteiger partial charge on any atom is -0.478 e. The summed E-state index contributed by atoms with van der Waals surface area (Å²) in [5, 5.41) is 8.81. The second-order valence-corrected chi connectivity index (χ2v) is 5.26. The Bertz CT molecular complexity index is 476. The topological polar surface area (TPSA) is 57.6 Å². The summed E-state index contributed by atoms with van der Waals surface area (Å²) in [7, 11) is 0. The molecule has 0 aromatic heterocycles. The van der Waals surface area contributed by atoms with Gasteiger partial charge in [0.25, 0.3) is 5.91 Å². The van der Waals surface area contributed by atoms with Gasteiger partial charge >= 0.3 is 5.97 Å². The minimum atomic E-state index is -0.976. The number of hydrogen-bond acceptors (Lipinski definition) is 2. The number of likely N-dealkylation sites (tertiary alicyclic amines) is 1. The van der Waals surface area contributed by atoms with Gasteiger partial charge in [-0.3, -0.25) is 4.79 Å². The number of hydrogen-bond donors (Lipinski definition) is 1. The first-order valence-corrected chi connectivity index (χ1v) is 6.07. The van der Waals surface area contributed by atoms with Gasteiger partial charge in [0.2, 0.25) is 0 Å². The maximum absolute atomic E-state index is 12.3. The average Bonchev–Trinajstić information content (AvgIpc) is 2.68. The summed E-state index contributed by atoms with van der Waals surface area (Å²) in [6, 6.07) is 6.11. The Kier molecular flexibility index (Phi) is 3.11. The molecule has 1 heterocycles. The molecule has 4 heteroatoms. The third kappa shape index (κ3) is 2.23. The SMILES string of the molecule is CC1(C)CCCN1C(=O)c1ccc(C(=O)O)cc1. The predicted octanol–water partition coefficient (Wildman–Crippen LogP) is 2.40. The summed E-state index contributed by atoms with van der Waals surface area (Å²) in [6.07, 6.45) is 2.03. The highest BCUT2D eigenvalue weighted by Crippen LogP contribution is 2.29. The summed E-state index contributed by atoms with van der Waals surface area (Å²) in [5.74, 6) is -0.995. The van der Waals surface area contributed by atoms with Crippen LogP contribution in [0.3, 0.4) is 0 Å². The zero-order chi connectivity index (χ0) is 13.3. The van der Waals surface area contributed by atoms with Gasteiger partial charge in [0.15, 0.2) is 0 Å². The molecule has 96 valence electrons. The molecule has 0 spiro atoms. The van der Waals surface area contributed by atoms with Gasteiger partial charge in [-0.1, -0.05) is 0 Å². The summed E-state index contributed by atoms with van der Waals surface area (Å²) >= 11 is 0. The number of carboxylic acid groups (broad SMARTS) is 1. The van der Waals surface area contributed by atoms with E-state index in [1.165, 1.54) is 12.1 Å². The van der Waals surface area contributed by atoms with Gasteiger partial charge < -0.3 is 10.0 Å². The Morgan fingerprint density at radius 1 is 1.17 bits per heavy atom. The van der Waals surface area contributed by atoms with Gasteiger partial charge in [0.05, 0.1) is 5.56 Å². The van der Waals surface area contributed by atoms with Crippen molar-refractivity contribution in [2.45, 2.75) is 32.2 Å². The normalized spacial score (nSPS) is 17.8. The fraction of sp³-hybridized carbons (Fsp3) is 0.429. The molecule has 1 saturated heterocycles. The molecular formula is C14H17NO3. The molecular weight excluding hydrogens is 230 g/mol. The van der Waals surface area contributed by atoms with Crippen LogP contribution in [0.4, 0.5) is 0 Å². The van der Waals surface area contributed by atoms with Crippen molar-refractivity contribution in [1.82, 2.24) is 4.90 Å². The highest BCUT2D eigenvalue weighted by molar-refractivity contribution is 5.96. The molecule has 2 rings (SSSR count). The fourth-order valence-corrected chi connectivity index (χ4v) is 2.40. The number of benzene rings is 1. The smallest absolute Gasteiger partial charge is 0.335 e. The van der Waals surface area contributed by atoms with Crippen LogP contribution < -0.4 is 0 Å². The molecule has 1 aromatic carbocycles. The molecule has 18 heavy (non-hydrogen) atoms. The van der Waals surface area contributed by atoms with E-state index >= 15 is 0 Å². The lowest BCUT2D eigenvalue weighted by Gasteiger charge is -2.31. The van der Waals surface area contributed by atoms with Gasteiger partial charge in [-0.05, 0) is 51.0 Å². The molecule has 0 aliphatic carbocycles. The number of aromatic carboxylic acids is 1. The summed E-state index contributed by atoms with van der Waals surface area (Å²) in [5.41, 5.74) is 0.643. The summed E-state index contributed by atoms with van der Waals surface area (Å²) in [4.78, 5) is 24.9. The first-order valence-electron chi connectivity index (χ1n) is 6.07. The van der Waals surface area contributed by atoms with Crippen molar-refractivity contribution in [2.24, 2.45) is 0 Å². The molecule has 1 aromatic rings. The molecule has 0 radical (unpaired) electrons. The van der Waals surface area contributed by atoms with Crippen molar-refractivity contribution < 1.29 is 14.7 Å². The van der Waals surface area contributed by atoms with Crippen molar-refractivity contribution in [1.29, 1.82) is 0 Å². The second kappa shape index (κ2) is 4.44. The molecule has 0 saturated carbocycles. The average molecular weight is 247 g/mol. The van der Waals surface area contributed by atoms with E-state index in [1.54, 1.807) is 12.1 Å². The first kappa shape index (κ1) is 12.6. The molecule has 0 unspecified atom stereocenters. The van der Waals surface area contributed by atoms with Gasteiger partial charge in [-0.25, -0.2) is 4.79 Å². The van der Waals surface area contributed by atoms with E-state index in [0.717, 1.165) is 19.4 Å². The van der Waals surface area contributed by atoms with Crippen LogP contribution in [0.15, 0.2) is 24.3 Å². The molecule has 1 fully saturated rings. The number of rotatable bonds is 2. The van der Waals surface area contributed by atoms with Crippen LogP contribution in [-0.4, -0.2) is 34.0 Å². The Labute approximate surface area is 106 Å². The number of amides is 1. The molecule has 1 aliphatic rings. The standard InChI is InChI=1S/C14H17NO3/c1-14(2)8-3-9-15(14)12(16)10-4-6-11(7-5-10)13(17)18/h4-7H,3,8-9H2,1-2H3,(H,17,18). The maximum atomic E-state index is 12.3. The van der Waals surface area contributed by atoms with Crippen molar-refractivity contribution in [3.8, 4) is 0 Å². The van der Waals surface area contributed by atoms with Crippen molar-refractivity contribution >= 4 is 11.9 Å². The van der Waals surface area contributed by atoms with E-state index in [-0.39, 0.29) is 17.0 Å². The van der Waals surface area contributed by atoms with Crippen LogP contribution in [0.25, 0.3) is 0 Å². The number of carboxylic acids is 1. The third-order valence-electron chi connectivity index (χ3n) is 3.52. The van der Waals surface area contributed by atoms with Crippen molar-refractivity contribution in [3.63, 3.8) is 0 Å². The fourth-order valence-electron chi connectivity index (χ4n) is 2.40. The van der Waals surface area contributed by atoms with Crippen LogP contribution in [-0.2, 0) is 0 Å². The lowest BCUT2D eigenvalue weighted by molar-refractivity contribution is 0.0647. The van der Waals surface area contributed by atoms with E-state index in [1.807, 2.05) is 4.90 Å². The largest absolute Gasteiger partial charge is 0.478 e. The van der Waals surface area contributed by atoms with E-state index in [0.29, 0.717) is 5.56 Å². The van der Waals surface area contributed by atoms with Crippen LogP contribution >= 0.6 is 0 Å². The second-order valence-electron chi connectivity index (χ2n) is 5.26. The molecule has 1 amide bonds. The van der Waals surface area contributed by atoms with E-state index in [9.17, 15) is 9.59 Å². The number of nitrogens with zero attached hydrogens (tertiary/aromatic N) is 1. The van der Waals surface area contributed by atoms with E-state index < -0.39 is 5.97 Å². The molecule has 0 atom stereocenters. The van der Waals surface area contributed by atoms with Crippen LogP contribution in [0.1, 0.15) is 47.4 Å². The Balaban J connectivity index is 2.21. The Hall–Kier alpha value is -1.84. The van der Waals surface area contributed by atoms with Gasteiger partial charge in [0, 0.05) is 17.6 Å². The van der Waals surface area contributed by atoms with E-state index in [2.05, 4.69) is 13.8 Å². The summed E-state index contributed by atoms with van der Waals surface area (Å²) < 4.78 is 0. The molecule has 4 nitrogen and oxygen atoms in total. The van der Waals surface area contributed by atoms with Gasteiger partial charge in [-0.2, -0.15) is 0 Å². The lowest BCUT2D eigenvalue weighted by Crippen LogP contribution is -2.42. The quantitative estimate of drug-likeness (QED) is 0.873. The highest BCUT2D eigenvalue weighted by atomic mass is 16.4. The molecule has 1 N–H and O–H groups in total. The van der Waals surface area contributed by atoms with Crippen molar-refractivity contribution in [3.05, 3.63) is 35.4 Å². The van der Waals surface area contributed by atoms with Gasteiger partial charge in [-0.15, -0.1) is 0 Å².